The molecule has 17 heavy (non-hydrogen) atoms. The lowest BCUT2D eigenvalue weighted by atomic mass is 10.1. The van der Waals surface area contributed by atoms with Crippen LogP contribution in [0.25, 0.3) is 0 Å². The van der Waals surface area contributed by atoms with Gasteiger partial charge in [0.15, 0.2) is 0 Å². The lowest BCUT2D eigenvalue weighted by Gasteiger charge is -2.10. The van der Waals surface area contributed by atoms with Crippen molar-refractivity contribution >= 4 is 5.97 Å². The normalized spacial score (nSPS) is 11.1. The summed E-state index contributed by atoms with van der Waals surface area (Å²) in [6, 6.07) is 0. The first-order chi connectivity index (χ1) is 7.91. The van der Waals surface area contributed by atoms with E-state index in [1.807, 2.05) is 32.6 Å². The maximum Gasteiger partial charge on any atom is 0.307 e. The molecule has 5 heteroatoms. The fourth-order valence-electron chi connectivity index (χ4n) is 1.90. The van der Waals surface area contributed by atoms with E-state index in [1.165, 1.54) is 0 Å². The number of carboxylic acid groups (broad SMARTS) is 1. The van der Waals surface area contributed by atoms with E-state index in [4.69, 9.17) is 5.11 Å². The van der Waals surface area contributed by atoms with Crippen LogP contribution in [-0.2, 0) is 17.8 Å². The van der Waals surface area contributed by atoms with Crippen LogP contribution < -0.4 is 0 Å². The van der Waals surface area contributed by atoms with Crippen LogP contribution in [0.1, 0.15) is 23.4 Å². The maximum absolute atomic E-state index is 10.7. The second-order valence-corrected chi connectivity index (χ2v) is 4.60. The van der Waals surface area contributed by atoms with E-state index in [1.54, 1.807) is 0 Å². The van der Waals surface area contributed by atoms with Gasteiger partial charge >= 0.3 is 5.97 Å². The van der Waals surface area contributed by atoms with Gasteiger partial charge in [-0.25, -0.2) is 0 Å². The summed E-state index contributed by atoms with van der Waals surface area (Å²) in [5, 5.41) is 13.2. The number of carbonyl (C=O) groups is 1. The van der Waals surface area contributed by atoms with Gasteiger partial charge in [0.05, 0.1) is 12.1 Å². The first-order valence-electron chi connectivity index (χ1n) is 5.81. The van der Waals surface area contributed by atoms with Gasteiger partial charge in [-0.2, -0.15) is 5.10 Å². The molecule has 1 aromatic heterocycles. The van der Waals surface area contributed by atoms with Crippen molar-refractivity contribution in [3.63, 3.8) is 0 Å². The predicted molar refractivity (Wildman–Crippen MR) is 66.2 cm³/mol. The SMILES string of the molecule is Cc1nn(CCCN(C)C)c(C)c1CC(=O)O. The standard InChI is InChI=1S/C12H21N3O2/c1-9-11(8-12(16)17)10(2)15(13-9)7-5-6-14(3)4/h5-8H2,1-4H3,(H,16,17). The Labute approximate surface area is 102 Å². The molecule has 0 amide bonds. The number of aryl methyl sites for hydroxylation is 2. The van der Waals surface area contributed by atoms with Crippen molar-refractivity contribution < 1.29 is 9.90 Å². The molecule has 0 aliphatic carbocycles. The molecule has 1 N–H and O–H groups in total. The molecule has 0 aliphatic heterocycles. The van der Waals surface area contributed by atoms with Crippen LogP contribution in [0.3, 0.4) is 0 Å². The number of carboxylic acids is 1. The number of aromatic nitrogens is 2. The third-order valence-corrected chi connectivity index (χ3v) is 2.83. The minimum absolute atomic E-state index is 0.0609. The van der Waals surface area contributed by atoms with Crippen molar-refractivity contribution in [1.82, 2.24) is 14.7 Å². The maximum atomic E-state index is 10.7. The monoisotopic (exact) mass is 239 g/mol. The highest BCUT2D eigenvalue weighted by atomic mass is 16.4. The molecule has 0 bridgehead atoms. The molecule has 0 unspecified atom stereocenters. The van der Waals surface area contributed by atoms with Crippen LogP contribution in [0.4, 0.5) is 0 Å². The van der Waals surface area contributed by atoms with Crippen LogP contribution in [0, 0.1) is 13.8 Å². The number of nitrogens with zero attached hydrogens (tertiary/aromatic N) is 3. The summed E-state index contributed by atoms with van der Waals surface area (Å²) in [4.78, 5) is 12.9. The molecule has 0 saturated heterocycles. The van der Waals surface area contributed by atoms with Crippen molar-refractivity contribution in [2.75, 3.05) is 20.6 Å². The molecular formula is C12H21N3O2. The third-order valence-electron chi connectivity index (χ3n) is 2.83. The highest BCUT2D eigenvalue weighted by Crippen LogP contribution is 2.14. The molecule has 0 aliphatic rings. The van der Waals surface area contributed by atoms with Gasteiger partial charge in [0.25, 0.3) is 0 Å². The fourth-order valence-corrected chi connectivity index (χ4v) is 1.90. The summed E-state index contributed by atoms with van der Waals surface area (Å²) < 4.78 is 1.91. The lowest BCUT2D eigenvalue weighted by Crippen LogP contribution is -2.16. The van der Waals surface area contributed by atoms with E-state index in [2.05, 4.69) is 10.00 Å². The minimum atomic E-state index is -0.802. The number of hydrogen-bond donors (Lipinski definition) is 1. The second-order valence-electron chi connectivity index (χ2n) is 4.60. The zero-order chi connectivity index (χ0) is 13.0. The predicted octanol–water partition coefficient (Wildman–Crippen LogP) is 1.08. The highest BCUT2D eigenvalue weighted by Gasteiger charge is 2.13. The first-order valence-corrected chi connectivity index (χ1v) is 5.81. The fraction of sp³-hybridized carbons (Fsp3) is 0.667. The largest absolute Gasteiger partial charge is 0.481 e. The third kappa shape index (κ3) is 3.85. The van der Waals surface area contributed by atoms with Crippen molar-refractivity contribution in [1.29, 1.82) is 0 Å². The topological polar surface area (TPSA) is 58.4 Å². The Kier molecular flexibility index (Phi) is 4.69. The molecule has 1 aromatic rings. The summed E-state index contributed by atoms with van der Waals surface area (Å²) in [6.07, 6.45) is 1.08. The van der Waals surface area contributed by atoms with Crippen LogP contribution >= 0.6 is 0 Å². The molecule has 1 heterocycles. The zero-order valence-corrected chi connectivity index (χ0v) is 11.0. The van der Waals surface area contributed by atoms with Crippen molar-refractivity contribution in [3.8, 4) is 0 Å². The Hall–Kier alpha value is -1.36. The molecule has 1 rings (SSSR count). The summed E-state index contributed by atoms with van der Waals surface area (Å²) in [5.74, 6) is -0.802. The van der Waals surface area contributed by atoms with Gasteiger partial charge in [0.2, 0.25) is 0 Å². The van der Waals surface area contributed by atoms with Gasteiger partial charge in [-0.1, -0.05) is 0 Å². The molecule has 0 radical (unpaired) electrons. The van der Waals surface area contributed by atoms with Crippen molar-refractivity contribution in [2.24, 2.45) is 0 Å². The second kappa shape index (κ2) is 5.82. The lowest BCUT2D eigenvalue weighted by molar-refractivity contribution is -0.136. The smallest absolute Gasteiger partial charge is 0.307 e. The zero-order valence-electron chi connectivity index (χ0n) is 11.0. The van der Waals surface area contributed by atoms with E-state index in [-0.39, 0.29) is 6.42 Å². The van der Waals surface area contributed by atoms with Gasteiger partial charge in [-0.3, -0.25) is 9.48 Å². The van der Waals surface area contributed by atoms with Gasteiger partial charge in [-0.15, -0.1) is 0 Å². The Balaban J connectivity index is 2.71. The molecule has 0 saturated carbocycles. The Morgan fingerprint density at radius 2 is 2.06 bits per heavy atom. The molecule has 96 valence electrons. The molecular weight excluding hydrogens is 218 g/mol. The van der Waals surface area contributed by atoms with Crippen molar-refractivity contribution in [3.05, 3.63) is 17.0 Å². The summed E-state index contributed by atoms with van der Waals surface area (Å²) in [6.45, 7) is 5.65. The van der Waals surface area contributed by atoms with Crippen LogP contribution in [0.15, 0.2) is 0 Å². The Bertz CT molecular complexity index is 397. The number of aliphatic carboxylic acids is 1. The van der Waals surface area contributed by atoms with E-state index >= 15 is 0 Å². The molecule has 0 spiro atoms. The number of hydrogen-bond acceptors (Lipinski definition) is 3. The molecule has 0 aromatic carbocycles. The summed E-state index contributed by atoms with van der Waals surface area (Å²) in [5.41, 5.74) is 2.65. The average molecular weight is 239 g/mol. The molecule has 0 fully saturated rings. The summed E-state index contributed by atoms with van der Waals surface area (Å²) >= 11 is 0. The van der Waals surface area contributed by atoms with Crippen LogP contribution in [-0.4, -0.2) is 46.4 Å². The number of rotatable bonds is 6. The Morgan fingerprint density at radius 3 is 2.59 bits per heavy atom. The minimum Gasteiger partial charge on any atom is -0.481 e. The van der Waals surface area contributed by atoms with Crippen LogP contribution in [0.2, 0.25) is 0 Å². The van der Waals surface area contributed by atoms with Gasteiger partial charge in [0.1, 0.15) is 0 Å². The van der Waals surface area contributed by atoms with E-state index in [0.717, 1.165) is 36.5 Å². The molecule has 0 atom stereocenters. The average Bonchev–Trinajstić information content (AvgIpc) is 2.45. The van der Waals surface area contributed by atoms with E-state index in [0.29, 0.717) is 0 Å². The highest BCUT2D eigenvalue weighted by molar-refractivity contribution is 5.70. The Morgan fingerprint density at radius 1 is 1.41 bits per heavy atom. The molecule has 5 nitrogen and oxygen atoms in total. The van der Waals surface area contributed by atoms with Gasteiger partial charge < -0.3 is 10.0 Å². The van der Waals surface area contributed by atoms with E-state index < -0.39 is 5.97 Å². The van der Waals surface area contributed by atoms with Gasteiger partial charge in [0, 0.05) is 17.8 Å². The first kappa shape index (κ1) is 13.7. The van der Waals surface area contributed by atoms with Crippen LogP contribution in [0.5, 0.6) is 0 Å². The van der Waals surface area contributed by atoms with E-state index in [9.17, 15) is 4.79 Å². The van der Waals surface area contributed by atoms with Gasteiger partial charge in [-0.05, 0) is 40.9 Å². The van der Waals surface area contributed by atoms with Crippen molar-refractivity contribution in [2.45, 2.75) is 33.2 Å². The quantitative estimate of drug-likeness (QED) is 0.807. The summed E-state index contributed by atoms with van der Waals surface area (Å²) in [7, 11) is 4.08.